The molecule has 2 heterocycles. The predicted molar refractivity (Wildman–Crippen MR) is 84.5 cm³/mol. The minimum Gasteiger partial charge on any atom is -0.338 e. The van der Waals surface area contributed by atoms with Crippen molar-refractivity contribution in [2.45, 2.75) is 50.1 Å². The molecule has 0 bridgehead atoms. The van der Waals surface area contributed by atoms with Crippen LogP contribution in [0.3, 0.4) is 0 Å². The highest BCUT2D eigenvalue weighted by molar-refractivity contribution is 7.98. The summed E-state index contributed by atoms with van der Waals surface area (Å²) < 4.78 is 0. The van der Waals surface area contributed by atoms with Gasteiger partial charge in [0.25, 0.3) is 5.91 Å². The molecule has 2 aliphatic rings. The molecule has 1 saturated heterocycles. The molecule has 3 rings (SSSR count). The Morgan fingerprint density at radius 3 is 2.43 bits per heavy atom. The van der Waals surface area contributed by atoms with Gasteiger partial charge in [0, 0.05) is 25.5 Å². The summed E-state index contributed by atoms with van der Waals surface area (Å²) in [7, 11) is 0. The van der Waals surface area contributed by atoms with E-state index in [1.165, 1.54) is 56.7 Å². The van der Waals surface area contributed by atoms with Gasteiger partial charge in [-0.25, -0.2) is 9.97 Å². The smallest absolute Gasteiger partial charge is 0.257 e. The monoisotopic (exact) mass is 305 g/mol. The molecule has 2 fully saturated rings. The number of rotatable bonds is 2. The van der Waals surface area contributed by atoms with Crippen LogP contribution in [0, 0.1) is 5.41 Å². The van der Waals surface area contributed by atoms with Crippen molar-refractivity contribution in [3.63, 3.8) is 0 Å². The van der Waals surface area contributed by atoms with E-state index in [9.17, 15) is 4.79 Å². The maximum atomic E-state index is 12.6. The van der Waals surface area contributed by atoms with Gasteiger partial charge in [-0.1, -0.05) is 37.4 Å². The van der Waals surface area contributed by atoms with Crippen molar-refractivity contribution in [2.24, 2.45) is 5.41 Å². The summed E-state index contributed by atoms with van der Waals surface area (Å²) in [5.74, 6) is 0.101. The van der Waals surface area contributed by atoms with E-state index in [0.29, 0.717) is 16.1 Å². The van der Waals surface area contributed by atoms with E-state index in [2.05, 4.69) is 9.97 Å². The van der Waals surface area contributed by atoms with Crippen LogP contribution < -0.4 is 0 Å². The third kappa shape index (κ3) is 3.23. The van der Waals surface area contributed by atoms with Gasteiger partial charge in [-0.15, -0.1) is 0 Å². The number of amides is 1. The highest BCUT2D eigenvalue weighted by atomic mass is 32.2. The highest BCUT2D eigenvalue weighted by Gasteiger charge is 2.39. The van der Waals surface area contributed by atoms with Crippen LogP contribution in [0.25, 0.3) is 0 Å². The zero-order chi connectivity index (χ0) is 14.7. The van der Waals surface area contributed by atoms with E-state index < -0.39 is 0 Å². The third-order valence-corrected chi connectivity index (χ3v) is 5.52. The molecule has 1 aliphatic carbocycles. The largest absolute Gasteiger partial charge is 0.338 e. The Morgan fingerprint density at radius 1 is 1.14 bits per heavy atom. The Hall–Kier alpha value is -1.10. The quantitative estimate of drug-likeness (QED) is 0.621. The second-order valence-corrected chi connectivity index (χ2v) is 7.12. The molecule has 21 heavy (non-hydrogen) atoms. The van der Waals surface area contributed by atoms with E-state index in [-0.39, 0.29) is 5.91 Å². The second-order valence-electron chi connectivity index (χ2n) is 6.35. The maximum absolute atomic E-state index is 12.6. The van der Waals surface area contributed by atoms with Gasteiger partial charge >= 0.3 is 0 Å². The number of carbonyl (C=O) groups is 1. The number of carbonyl (C=O) groups excluding carboxylic acids is 1. The third-order valence-electron chi connectivity index (χ3n) is 4.95. The lowest BCUT2D eigenvalue weighted by atomic mass is 9.80. The van der Waals surface area contributed by atoms with E-state index in [1.807, 2.05) is 11.2 Å². The van der Waals surface area contributed by atoms with E-state index in [0.717, 1.165) is 13.1 Å². The summed E-state index contributed by atoms with van der Waals surface area (Å²) in [6.45, 7) is 1.82. The van der Waals surface area contributed by atoms with Crippen LogP contribution in [0.4, 0.5) is 0 Å². The van der Waals surface area contributed by atoms with Crippen LogP contribution in [0.15, 0.2) is 17.6 Å². The predicted octanol–water partition coefficient (Wildman–Crippen LogP) is 3.39. The summed E-state index contributed by atoms with van der Waals surface area (Å²) in [6, 6.07) is 0. The number of thioether (sulfide) groups is 1. The van der Waals surface area contributed by atoms with Crippen molar-refractivity contribution in [3.05, 3.63) is 18.0 Å². The molecule has 0 unspecified atom stereocenters. The van der Waals surface area contributed by atoms with Crippen LogP contribution in [0.5, 0.6) is 0 Å². The first-order chi connectivity index (χ1) is 10.2. The van der Waals surface area contributed by atoms with Crippen LogP contribution in [0.1, 0.15) is 55.3 Å². The van der Waals surface area contributed by atoms with Crippen LogP contribution in [-0.2, 0) is 0 Å². The van der Waals surface area contributed by atoms with E-state index >= 15 is 0 Å². The Balaban J connectivity index is 1.68. The summed E-state index contributed by atoms with van der Waals surface area (Å²) >= 11 is 1.49. The Bertz CT molecular complexity index is 495. The minimum absolute atomic E-state index is 0.101. The molecule has 1 spiro atoms. The fourth-order valence-corrected chi connectivity index (χ4v) is 4.03. The molecule has 1 aromatic rings. The van der Waals surface area contributed by atoms with Gasteiger partial charge in [0.2, 0.25) is 0 Å². The molecule has 0 aromatic carbocycles. The number of nitrogens with zero attached hydrogens (tertiary/aromatic N) is 3. The number of hydrogen-bond acceptors (Lipinski definition) is 4. The van der Waals surface area contributed by atoms with Gasteiger partial charge in [-0.2, -0.15) is 0 Å². The van der Waals surface area contributed by atoms with Crippen molar-refractivity contribution in [1.82, 2.24) is 14.9 Å². The minimum atomic E-state index is 0.101. The lowest BCUT2D eigenvalue weighted by Crippen LogP contribution is -2.32. The molecule has 0 radical (unpaired) electrons. The Kier molecular flexibility index (Phi) is 4.48. The van der Waals surface area contributed by atoms with Gasteiger partial charge in [-0.3, -0.25) is 4.79 Å². The normalized spacial score (nSPS) is 21.5. The van der Waals surface area contributed by atoms with E-state index in [4.69, 9.17) is 0 Å². The summed E-state index contributed by atoms with van der Waals surface area (Å²) in [6.07, 6.45) is 14.4. The van der Waals surface area contributed by atoms with Gasteiger partial charge in [0.1, 0.15) is 0 Å². The highest BCUT2D eigenvalue weighted by Crippen LogP contribution is 2.42. The zero-order valence-electron chi connectivity index (χ0n) is 12.7. The standard InChI is InChI=1S/C16H23N3OS/c1-21-15-17-10-13(11-18-15)14(20)19-9-8-16(12-19)6-4-2-3-5-7-16/h10-11H,2-9,12H2,1H3. The molecule has 0 atom stereocenters. The fraction of sp³-hybridized carbons (Fsp3) is 0.688. The molecule has 1 aliphatic heterocycles. The van der Waals surface area contributed by atoms with Crippen molar-refractivity contribution in [1.29, 1.82) is 0 Å². The molecule has 4 nitrogen and oxygen atoms in total. The fourth-order valence-electron chi connectivity index (χ4n) is 3.71. The molecule has 1 aromatic heterocycles. The SMILES string of the molecule is CSc1ncc(C(=O)N2CCC3(CCCCCC3)C2)cn1. The molecule has 1 saturated carbocycles. The maximum Gasteiger partial charge on any atom is 0.257 e. The van der Waals surface area contributed by atoms with Crippen LogP contribution in [-0.4, -0.2) is 40.1 Å². The van der Waals surface area contributed by atoms with Crippen molar-refractivity contribution in [2.75, 3.05) is 19.3 Å². The molecular weight excluding hydrogens is 282 g/mol. The Labute approximate surface area is 130 Å². The Morgan fingerprint density at radius 2 is 1.81 bits per heavy atom. The second kappa shape index (κ2) is 6.34. The first-order valence-corrected chi connectivity index (χ1v) is 9.10. The van der Waals surface area contributed by atoms with Gasteiger partial charge in [0.15, 0.2) is 5.16 Å². The molecule has 1 amide bonds. The topological polar surface area (TPSA) is 46.1 Å². The number of aromatic nitrogens is 2. The first kappa shape index (κ1) is 14.8. The van der Waals surface area contributed by atoms with Crippen LogP contribution >= 0.6 is 11.8 Å². The number of likely N-dealkylation sites (tertiary alicyclic amines) is 1. The molecule has 0 N–H and O–H groups in total. The molecule has 5 heteroatoms. The van der Waals surface area contributed by atoms with Crippen molar-refractivity contribution in [3.8, 4) is 0 Å². The van der Waals surface area contributed by atoms with Crippen LogP contribution in [0.2, 0.25) is 0 Å². The van der Waals surface area contributed by atoms with Gasteiger partial charge in [-0.05, 0) is 30.9 Å². The van der Waals surface area contributed by atoms with E-state index in [1.54, 1.807) is 12.4 Å². The molecule has 114 valence electrons. The zero-order valence-corrected chi connectivity index (χ0v) is 13.5. The summed E-state index contributed by atoms with van der Waals surface area (Å²) in [5, 5.41) is 0.716. The average molecular weight is 305 g/mol. The van der Waals surface area contributed by atoms with Crippen molar-refractivity contribution >= 4 is 17.7 Å². The van der Waals surface area contributed by atoms with Crippen molar-refractivity contribution < 1.29 is 4.79 Å². The average Bonchev–Trinajstić information content (AvgIpc) is 2.80. The van der Waals surface area contributed by atoms with Gasteiger partial charge in [0.05, 0.1) is 5.56 Å². The first-order valence-electron chi connectivity index (χ1n) is 7.88. The van der Waals surface area contributed by atoms with Gasteiger partial charge < -0.3 is 4.90 Å². The summed E-state index contributed by atoms with van der Waals surface area (Å²) in [4.78, 5) is 23.0. The lowest BCUT2D eigenvalue weighted by Gasteiger charge is -2.27. The number of hydrogen-bond donors (Lipinski definition) is 0. The summed E-state index contributed by atoms with van der Waals surface area (Å²) in [5.41, 5.74) is 1.02. The lowest BCUT2D eigenvalue weighted by molar-refractivity contribution is 0.0766. The molecular formula is C16H23N3OS.